The van der Waals surface area contributed by atoms with Crippen molar-refractivity contribution in [3.05, 3.63) is 107 Å². The van der Waals surface area contributed by atoms with E-state index in [4.69, 9.17) is 0 Å². The molecular weight excluding hydrogens is 618 g/mol. The van der Waals surface area contributed by atoms with Crippen LogP contribution in [0.25, 0.3) is 10.9 Å². The predicted molar refractivity (Wildman–Crippen MR) is 169 cm³/mol. The van der Waals surface area contributed by atoms with Gasteiger partial charge in [0.1, 0.15) is 0 Å². The number of H-pyrrole nitrogens is 1. The molecule has 2 fully saturated rings. The number of nitrogens with zero attached hydrogens (tertiary/aromatic N) is 3. The highest BCUT2D eigenvalue weighted by Crippen LogP contribution is 2.37. The lowest BCUT2D eigenvalue weighted by molar-refractivity contribution is -0.143. The van der Waals surface area contributed by atoms with E-state index in [0.717, 1.165) is 61.9 Å². The van der Waals surface area contributed by atoms with Crippen LogP contribution >= 0.6 is 0 Å². The summed E-state index contributed by atoms with van der Waals surface area (Å²) in [6, 6.07) is 19.0. The molecule has 5 nitrogen and oxygen atoms in total. The van der Waals surface area contributed by atoms with Gasteiger partial charge in [0.2, 0.25) is 0 Å². The lowest BCUT2D eigenvalue weighted by Gasteiger charge is -2.42. The molecule has 3 heterocycles. The van der Waals surface area contributed by atoms with Crippen LogP contribution in [0.2, 0.25) is 0 Å². The minimum atomic E-state index is -5.03. The molecule has 0 spiro atoms. The number of carbonyl (C=O) groups excluding carboxylic acids is 1. The summed E-state index contributed by atoms with van der Waals surface area (Å²) in [6.45, 7) is 4.94. The topological polar surface area (TPSA) is 42.6 Å². The Bertz CT molecular complexity index is 1630. The second kappa shape index (κ2) is 13.7. The third-order valence-corrected chi connectivity index (χ3v) is 9.60. The van der Waals surface area contributed by atoms with Gasteiger partial charge in [0.15, 0.2) is 0 Å². The molecule has 0 radical (unpaired) electrons. The van der Waals surface area contributed by atoms with Gasteiger partial charge in [-0.25, -0.2) is 0 Å². The predicted octanol–water partition coefficient (Wildman–Crippen LogP) is 7.84. The number of piperazine rings is 1. The number of piperidine rings is 1. The van der Waals surface area contributed by atoms with Crippen LogP contribution in [0.1, 0.15) is 57.8 Å². The number of aromatic nitrogens is 1. The molecule has 2 saturated heterocycles. The standard InChI is InChI=1S/C36H38F6N4O/c37-35(38,39)29-19-27(20-30(22-29)36(40,41)42)34(47)46-18-17-45(24-31(46)21-28-23-43-33-10-5-4-9-32(28)33)14-6-13-44-15-11-26(12-16-44)25-7-2-1-3-8-25/h1-5,7-10,19-20,22-23,26,31,43H,6,11-18,21,24H2/t31-/m1/s1. The first-order valence-corrected chi connectivity index (χ1v) is 16.1. The highest BCUT2D eigenvalue weighted by molar-refractivity contribution is 5.95. The average molecular weight is 657 g/mol. The second-order valence-corrected chi connectivity index (χ2v) is 12.7. The molecule has 3 aromatic carbocycles. The number of carbonyl (C=O) groups is 1. The van der Waals surface area contributed by atoms with E-state index < -0.39 is 41.0 Å². The number of benzene rings is 3. The highest BCUT2D eigenvalue weighted by Gasteiger charge is 2.39. The van der Waals surface area contributed by atoms with E-state index in [2.05, 4.69) is 39.0 Å². The number of halogens is 6. The van der Waals surface area contributed by atoms with Crippen molar-refractivity contribution in [1.82, 2.24) is 19.7 Å². The van der Waals surface area contributed by atoms with Crippen molar-refractivity contribution >= 4 is 16.8 Å². The Balaban J connectivity index is 1.15. The summed E-state index contributed by atoms with van der Waals surface area (Å²) in [5.74, 6) is -0.250. The molecule has 1 atom stereocenters. The normalized spacial score (nSPS) is 19.0. The zero-order chi connectivity index (χ0) is 33.2. The number of hydrogen-bond acceptors (Lipinski definition) is 3. The quantitative estimate of drug-likeness (QED) is 0.197. The minimum absolute atomic E-state index is 0.0578. The number of nitrogens with one attached hydrogen (secondary N) is 1. The van der Waals surface area contributed by atoms with E-state index in [0.29, 0.717) is 37.6 Å². The lowest BCUT2D eigenvalue weighted by Crippen LogP contribution is -2.56. The average Bonchev–Trinajstić information content (AvgIpc) is 3.47. The van der Waals surface area contributed by atoms with Crippen LogP contribution in [0.15, 0.2) is 79.0 Å². The van der Waals surface area contributed by atoms with Crippen molar-refractivity contribution in [2.24, 2.45) is 0 Å². The fourth-order valence-corrected chi connectivity index (χ4v) is 7.10. The summed E-state index contributed by atoms with van der Waals surface area (Å²) in [6.07, 6.45) is -4.65. The van der Waals surface area contributed by atoms with Crippen molar-refractivity contribution in [1.29, 1.82) is 0 Å². The molecule has 1 amide bonds. The Morgan fingerprint density at radius 1 is 0.766 bits per heavy atom. The Morgan fingerprint density at radius 2 is 1.40 bits per heavy atom. The summed E-state index contributed by atoms with van der Waals surface area (Å²) >= 11 is 0. The number of likely N-dealkylation sites (tertiary alicyclic amines) is 1. The number of hydrogen-bond donors (Lipinski definition) is 1. The Hall–Kier alpha value is -3.83. The summed E-state index contributed by atoms with van der Waals surface area (Å²) in [4.78, 5) is 23.2. The lowest BCUT2D eigenvalue weighted by atomic mass is 9.89. The summed E-state index contributed by atoms with van der Waals surface area (Å²) in [5, 5.41) is 0.967. The van der Waals surface area contributed by atoms with Crippen LogP contribution in [0, 0.1) is 0 Å². The molecule has 11 heteroatoms. The number of rotatable bonds is 8. The largest absolute Gasteiger partial charge is 0.416 e. The van der Waals surface area contributed by atoms with Gasteiger partial charge in [-0.15, -0.1) is 0 Å². The maximum atomic E-state index is 13.8. The molecule has 47 heavy (non-hydrogen) atoms. The van der Waals surface area contributed by atoms with Gasteiger partial charge in [0.25, 0.3) is 5.91 Å². The molecule has 0 bridgehead atoms. The van der Waals surface area contributed by atoms with E-state index in [-0.39, 0.29) is 12.6 Å². The van der Waals surface area contributed by atoms with E-state index in [1.807, 2.05) is 36.5 Å². The minimum Gasteiger partial charge on any atom is -0.361 e. The van der Waals surface area contributed by atoms with Crippen molar-refractivity contribution in [3.63, 3.8) is 0 Å². The Kier molecular flexibility index (Phi) is 9.66. The van der Waals surface area contributed by atoms with Crippen molar-refractivity contribution in [2.75, 3.05) is 45.8 Å². The van der Waals surface area contributed by atoms with Gasteiger partial charge in [-0.2, -0.15) is 26.3 Å². The maximum absolute atomic E-state index is 13.8. The van der Waals surface area contributed by atoms with Gasteiger partial charge in [-0.1, -0.05) is 48.5 Å². The molecule has 1 N–H and O–H groups in total. The number of para-hydroxylation sites is 1. The Labute approximate surface area is 270 Å². The Morgan fingerprint density at radius 3 is 2.09 bits per heavy atom. The molecule has 250 valence electrons. The monoisotopic (exact) mass is 656 g/mol. The van der Waals surface area contributed by atoms with Gasteiger partial charge < -0.3 is 14.8 Å². The van der Waals surface area contributed by atoms with E-state index in [1.54, 1.807) is 0 Å². The molecule has 0 unspecified atom stereocenters. The smallest absolute Gasteiger partial charge is 0.361 e. The SMILES string of the molecule is O=C(c1cc(C(F)(F)F)cc(C(F)(F)F)c1)N1CCN(CCCN2CCC(c3ccccc3)CC2)C[C@H]1Cc1c[nH]c2ccccc12. The third-order valence-electron chi connectivity index (χ3n) is 9.60. The van der Waals surface area contributed by atoms with Crippen LogP contribution in [0.3, 0.4) is 0 Å². The first-order chi connectivity index (χ1) is 22.5. The van der Waals surface area contributed by atoms with Crippen LogP contribution in [-0.2, 0) is 18.8 Å². The van der Waals surface area contributed by atoms with Crippen molar-refractivity contribution in [3.8, 4) is 0 Å². The molecule has 0 saturated carbocycles. The maximum Gasteiger partial charge on any atom is 0.416 e. The summed E-state index contributed by atoms with van der Waals surface area (Å²) in [5.41, 5.74) is -0.349. The van der Waals surface area contributed by atoms with Crippen LogP contribution in [0.5, 0.6) is 0 Å². The molecule has 6 rings (SSSR count). The highest BCUT2D eigenvalue weighted by atomic mass is 19.4. The second-order valence-electron chi connectivity index (χ2n) is 12.7. The summed E-state index contributed by atoms with van der Waals surface area (Å²) < 4.78 is 81.7. The number of amides is 1. The third kappa shape index (κ3) is 7.84. The van der Waals surface area contributed by atoms with Gasteiger partial charge in [0, 0.05) is 48.3 Å². The molecule has 2 aliphatic rings. The van der Waals surface area contributed by atoms with Crippen LogP contribution in [0.4, 0.5) is 26.3 Å². The number of fused-ring (bicyclic) bond motifs is 1. The first-order valence-electron chi connectivity index (χ1n) is 16.1. The van der Waals surface area contributed by atoms with Crippen LogP contribution < -0.4 is 0 Å². The van der Waals surface area contributed by atoms with E-state index in [9.17, 15) is 31.1 Å². The zero-order valence-corrected chi connectivity index (χ0v) is 26.0. The van der Waals surface area contributed by atoms with E-state index >= 15 is 0 Å². The molecule has 0 aliphatic carbocycles. The van der Waals surface area contributed by atoms with Gasteiger partial charge in [-0.05, 0) is 93.2 Å². The molecular formula is C36H38F6N4O. The fraction of sp³-hybridized carbons (Fsp3) is 0.417. The van der Waals surface area contributed by atoms with Crippen LogP contribution in [-0.4, -0.2) is 77.4 Å². The van der Waals surface area contributed by atoms with Crippen molar-refractivity contribution in [2.45, 2.75) is 50.0 Å². The molecule has 4 aromatic rings. The van der Waals surface area contributed by atoms with Crippen molar-refractivity contribution < 1.29 is 31.1 Å². The number of aromatic amines is 1. The summed E-state index contributed by atoms with van der Waals surface area (Å²) in [7, 11) is 0. The van der Waals surface area contributed by atoms with E-state index in [1.165, 1.54) is 10.5 Å². The van der Waals surface area contributed by atoms with Gasteiger partial charge >= 0.3 is 12.4 Å². The molecule has 1 aromatic heterocycles. The zero-order valence-electron chi connectivity index (χ0n) is 26.0. The molecule has 2 aliphatic heterocycles. The number of alkyl halides is 6. The van der Waals surface area contributed by atoms with Gasteiger partial charge in [0.05, 0.1) is 11.1 Å². The fourth-order valence-electron chi connectivity index (χ4n) is 7.10. The first kappa shape index (κ1) is 33.1. The van der Waals surface area contributed by atoms with Gasteiger partial charge in [-0.3, -0.25) is 9.69 Å².